The number of carbonyl (C=O) groups is 6. The quantitative estimate of drug-likeness (QED) is 0.0156. The Morgan fingerprint density at radius 3 is 1.74 bits per heavy atom. The average Bonchev–Trinajstić information content (AvgIpc) is 1.55. The summed E-state index contributed by atoms with van der Waals surface area (Å²) in [5.41, 5.74) is 9.03. The third kappa shape index (κ3) is 16.0. The van der Waals surface area contributed by atoms with Crippen molar-refractivity contribution in [2.45, 2.75) is 199 Å². The Morgan fingerprint density at radius 2 is 1.21 bits per heavy atom. The van der Waals surface area contributed by atoms with Crippen LogP contribution in [0.4, 0.5) is 11.4 Å². The molecule has 22 unspecified atom stereocenters. The van der Waals surface area contributed by atoms with Crippen LogP contribution in [0, 0.1) is 17.3 Å². The first kappa shape index (κ1) is 78.7. The molecule has 10 rings (SSSR count). The Bertz CT molecular complexity index is 3820. The molecule has 4 aromatic carbocycles. The van der Waals surface area contributed by atoms with Gasteiger partial charge in [-0.2, -0.15) is 0 Å². The van der Waals surface area contributed by atoms with Crippen LogP contribution >= 0.6 is 23.2 Å². The van der Waals surface area contributed by atoms with Gasteiger partial charge in [0.05, 0.1) is 85.3 Å². The smallest absolute Gasteiger partial charge is 0.364 e. The maximum absolute atomic E-state index is 14.6. The van der Waals surface area contributed by atoms with E-state index in [-0.39, 0.29) is 74.9 Å². The minimum absolute atomic E-state index is 0.0233. The van der Waals surface area contributed by atoms with E-state index in [9.17, 15) is 105 Å². The van der Waals surface area contributed by atoms with Gasteiger partial charge >= 0.3 is 11.9 Å². The number of halogens is 2. The van der Waals surface area contributed by atoms with Crippen LogP contribution in [0.2, 0.25) is 0 Å². The zero-order valence-electron chi connectivity index (χ0n) is 56.0. The van der Waals surface area contributed by atoms with Gasteiger partial charge in [0.1, 0.15) is 66.4 Å². The third-order valence-corrected chi connectivity index (χ3v) is 21.8. The summed E-state index contributed by atoms with van der Waals surface area (Å²) >= 11 is 13.3. The highest BCUT2D eigenvalue weighted by molar-refractivity contribution is 6.19. The normalized spacial score (nSPS) is 33.2. The summed E-state index contributed by atoms with van der Waals surface area (Å²) in [5.74, 6) is -11.3. The van der Waals surface area contributed by atoms with Gasteiger partial charge in [-0.15, -0.1) is 23.2 Å². The molecule has 0 radical (unpaired) electrons. The zero-order chi connectivity index (χ0) is 74.8. The SMILES string of the molecule is CC(=O)NC1C(O)CC(CCC2OC(Oc3cc4c(c5ccccc35)[C@H](CCl)CN4C(=O)CCCC(=O)N3C[C@@H](CCl)c4c3cc(OC3CC(COC5(C(=O)O)CC(O)C(NC(C)=O)C(C(O)C(O)CN=[N+]=[N-])O5)C(O)C(O)C3O)c3ccccc43)C(O)C(O)C2O)(C(=O)O)CC1C(O)C(O)CO. The number of hydrogen-bond donors (Lipinski definition) is 17. The molecule has 33 nitrogen and oxygen atoms in total. The van der Waals surface area contributed by atoms with Crippen molar-refractivity contribution in [2.75, 3.05) is 54.4 Å². The second-order valence-corrected chi connectivity index (χ2v) is 28.3. The van der Waals surface area contributed by atoms with E-state index in [1.54, 1.807) is 60.7 Å². The molecule has 4 aromatic rings. The molecule has 0 spiro atoms. The summed E-state index contributed by atoms with van der Waals surface area (Å²) in [6.07, 6.45) is -31.6. The maximum atomic E-state index is 14.6. The van der Waals surface area contributed by atoms with Crippen LogP contribution in [-0.2, 0) is 43.0 Å². The molecule has 4 aliphatic heterocycles. The molecule has 24 atom stereocenters. The Morgan fingerprint density at radius 1 is 0.680 bits per heavy atom. The van der Waals surface area contributed by atoms with Crippen molar-refractivity contribution in [1.82, 2.24) is 10.6 Å². The fourth-order valence-electron chi connectivity index (χ4n) is 15.7. The first-order valence-electron chi connectivity index (χ1n) is 33.9. The fraction of sp³-hybridized carbons (Fsp3) is 0.618. The highest BCUT2D eigenvalue weighted by Crippen LogP contribution is 2.51. The number of carboxylic acid groups (broad SMARTS) is 2. The summed E-state index contributed by atoms with van der Waals surface area (Å²) in [5, 5.41) is 175. The van der Waals surface area contributed by atoms with E-state index in [0.29, 0.717) is 44.0 Å². The van der Waals surface area contributed by atoms with Gasteiger partial charge in [-0.3, -0.25) is 24.0 Å². The number of aliphatic carboxylic acids is 2. The molecule has 4 amide bonds. The zero-order valence-corrected chi connectivity index (χ0v) is 57.5. The predicted octanol–water partition coefficient (Wildman–Crippen LogP) is -0.437. The van der Waals surface area contributed by atoms with Crippen LogP contribution < -0.4 is 29.9 Å². The highest BCUT2D eigenvalue weighted by Gasteiger charge is 2.58. The Hall–Kier alpha value is -6.93. The highest BCUT2D eigenvalue weighted by atomic mass is 35.5. The van der Waals surface area contributed by atoms with Gasteiger partial charge in [-0.05, 0) is 66.0 Å². The van der Waals surface area contributed by atoms with E-state index in [1.165, 1.54) is 9.80 Å². The number of aliphatic hydroxyl groups excluding tert-OH is 13. The molecule has 4 fully saturated rings. The van der Waals surface area contributed by atoms with E-state index in [4.69, 9.17) is 52.4 Å². The number of rotatable bonds is 27. The van der Waals surface area contributed by atoms with E-state index in [0.717, 1.165) is 13.8 Å². The van der Waals surface area contributed by atoms with Gasteiger partial charge in [0.15, 0.2) is 0 Å². The Kier molecular flexibility index (Phi) is 25.1. The third-order valence-electron chi connectivity index (χ3n) is 21.0. The number of benzene rings is 4. The number of aliphatic hydroxyl groups is 13. The van der Waals surface area contributed by atoms with Crippen molar-refractivity contribution >= 4 is 91.7 Å². The van der Waals surface area contributed by atoms with Gasteiger partial charge < -0.3 is 121 Å². The van der Waals surface area contributed by atoms with Crippen molar-refractivity contribution in [3.05, 3.63) is 82.2 Å². The number of amides is 4. The number of carbonyl (C=O) groups excluding carboxylic acids is 4. The van der Waals surface area contributed by atoms with Crippen molar-refractivity contribution in [3.63, 3.8) is 0 Å². The van der Waals surface area contributed by atoms with Crippen molar-refractivity contribution in [3.8, 4) is 11.5 Å². The van der Waals surface area contributed by atoms with Gasteiger partial charge in [-0.25, -0.2) is 4.79 Å². The molecule has 0 aromatic heterocycles. The van der Waals surface area contributed by atoms with Crippen molar-refractivity contribution in [1.29, 1.82) is 0 Å². The fourth-order valence-corrected chi connectivity index (χ4v) is 16.2. The summed E-state index contributed by atoms with van der Waals surface area (Å²) < 4.78 is 30.8. The van der Waals surface area contributed by atoms with Gasteiger partial charge in [0.2, 0.25) is 29.9 Å². The molecule has 2 aliphatic carbocycles. The van der Waals surface area contributed by atoms with Crippen LogP contribution in [0.1, 0.15) is 94.6 Å². The van der Waals surface area contributed by atoms with Crippen LogP contribution in [-0.4, -0.2) is 272 Å². The largest absolute Gasteiger partial charge is 0.487 e. The molecule has 4 heterocycles. The van der Waals surface area contributed by atoms with Gasteiger partial charge in [0, 0.05) is 109 Å². The lowest BCUT2D eigenvalue weighted by Crippen LogP contribution is -2.68. The molecular formula is C68H87Cl2N7O26. The minimum atomic E-state index is -2.83. The molecular weight excluding hydrogens is 1400 g/mol. The lowest BCUT2D eigenvalue weighted by Gasteiger charge is -2.48. The summed E-state index contributed by atoms with van der Waals surface area (Å²) in [6, 6.07) is 14.3. The lowest BCUT2D eigenvalue weighted by molar-refractivity contribution is -0.316. The Labute approximate surface area is 598 Å². The summed E-state index contributed by atoms with van der Waals surface area (Å²) in [7, 11) is 0. The first-order valence-corrected chi connectivity index (χ1v) is 34.9. The second-order valence-electron chi connectivity index (χ2n) is 27.7. The van der Waals surface area contributed by atoms with Crippen LogP contribution in [0.15, 0.2) is 65.8 Å². The minimum Gasteiger partial charge on any atom is -0.487 e. The topological polar surface area (TPSA) is 531 Å². The molecule has 564 valence electrons. The number of hydrogen-bond acceptors (Lipinski definition) is 25. The molecule has 6 aliphatic rings. The number of carboxylic acids is 2. The standard InChI is InChI=1S/C68H87Cl2N7O26/c1-29(79)73-53-38(56(88)44(84)27-78)19-67(65(95)96,20-41(53)81)15-14-45-58(90)61(93)62(94)64(101-45)102-47-18-40-52(37-11-6-4-9-35(37)47)33(23-70)26-77(40)50(86)13-7-12-49(85)76-25-32(22-69)51-36-10-5-3-8-34(36)46(17-39(51)76)100-48-16-31(55(87)60(92)59(48)91)28-99-68(66(97)98)21-42(82)54(74-30(2)80)63(103-68)57(89)43(83)24-72-75-71/h3-6,8-11,17-18,31-33,38,41-45,48,53-64,78,81-84,87-94H,7,12-16,19-28H2,1-2H3,(H,73,79)(H,74,80)(H,95,96)(H,97,98)/t31?,32-,33-,38?,41?,42?,43?,44?,45?,48?,53?,54?,55?,56?,57?,58?,59?,60?,61?,62?,63?,64?,67?,68?/m1/s1. The first-order chi connectivity index (χ1) is 48.9. The maximum Gasteiger partial charge on any atom is 0.364 e. The number of alkyl halides is 2. The number of nitrogens with one attached hydrogen (secondary N) is 2. The van der Waals surface area contributed by atoms with Gasteiger partial charge in [0.25, 0.3) is 5.79 Å². The molecule has 0 bridgehead atoms. The van der Waals surface area contributed by atoms with E-state index < -0.39 is 219 Å². The van der Waals surface area contributed by atoms with E-state index in [1.807, 2.05) is 0 Å². The monoisotopic (exact) mass is 1490 g/mol. The number of ether oxygens (including phenoxy) is 5. The number of azide groups is 1. The van der Waals surface area contributed by atoms with Crippen molar-refractivity contribution < 1.29 is 129 Å². The van der Waals surface area contributed by atoms with E-state index in [2.05, 4.69) is 20.7 Å². The lowest BCUT2D eigenvalue weighted by atomic mass is 9.62. The molecule has 35 heteroatoms. The number of nitrogens with zero attached hydrogens (tertiary/aromatic N) is 5. The summed E-state index contributed by atoms with van der Waals surface area (Å²) in [4.78, 5) is 85.4. The van der Waals surface area contributed by atoms with Gasteiger partial charge in [-0.1, -0.05) is 53.6 Å². The molecule has 103 heavy (non-hydrogen) atoms. The molecule has 2 saturated carbocycles. The Balaban J connectivity index is 0.841. The average molecular weight is 1490 g/mol. The second kappa shape index (κ2) is 32.8. The molecule has 17 N–H and O–H groups in total. The van der Waals surface area contributed by atoms with Crippen LogP contribution in [0.3, 0.4) is 0 Å². The molecule has 2 saturated heterocycles. The van der Waals surface area contributed by atoms with Crippen LogP contribution in [0.25, 0.3) is 32.0 Å². The number of fused-ring (bicyclic) bond motifs is 6. The van der Waals surface area contributed by atoms with Crippen molar-refractivity contribution in [2.24, 2.45) is 22.4 Å². The predicted molar refractivity (Wildman–Crippen MR) is 361 cm³/mol. The number of anilines is 2. The van der Waals surface area contributed by atoms with Crippen LogP contribution in [0.5, 0.6) is 11.5 Å². The van der Waals surface area contributed by atoms with E-state index >= 15 is 0 Å². The summed E-state index contributed by atoms with van der Waals surface area (Å²) in [6.45, 7) is 0.0248.